The monoisotopic (exact) mass is 454 g/mol. The zero-order chi connectivity index (χ0) is 23.3. The molecule has 5 rings (SSSR count). The van der Waals surface area contributed by atoms with Crippen molar-refractivity contribution in [1.29, 1.82) is 0 Å². The SMILES string of the molecule is O=C(CN(Cc1ccco1)C(=O)C1CCC1)Nc1cc(-c2ccccc2)nn1-c1ccccc1. The first-order valence-corrected chi connectivity index (χ1v) is 11.5. The maximum Gasteiger partial charge on any atom is 0.245 e. The molecule has 2 aromatic carbocycles. The molecule has 0 radical (unpaired) electrons. The number of amides is 2. The standard InChI is InChI=1S/C27H26N4O3/c32-26(19-30(18-23-15-8-16-34-23)27(33)21-11-7-12-21)28-25-17-24(20-9-3-1-4-10-20)29-31(25)22-13-5-2-6-14-22/h1-6,8-10,13-17,21H,7,11-12,18-19H2,(H,28,32). The van der Waals surface area contributed by atoms with E-state index in [4.69, 9.17) is 9.52 Å². The summed E-state index contributed by atoms with van der Waals surface area (Å²) in [6.07, 6.45) is 4.37. The van der Waals surface area contributed by atoms with Crippen molar-refractivity contribution in [3.8, 4) is 16.9 Å². The van der Waals surface area contributed by atoms with E-state index in [1.807, 2.05) is 72.8 Å². The van der Waals surface area contributed by atoms with Crippen LogP contribution in [0.3, 0.4) is 0 Å². The van der Waals surface area contributed by atoms with Crippen molar-refractivity contribution in [2.75, 3.05) is 11.9 Å². The van der Waals surface area contributed by atoms with Crippen LogP contribution in [0, 0.1) is 5.92 Å². The number of carbonyl (C=O) groups is 2. The average Bonchev–Trinajstić information content (AvgIpc) is 3.49. The number of furan rings is 1. The number of rotatable bonds is 8. The maximum absolute atomic E-state index is 13.1. The highest BCUT2D eigenvalue weighted by Gasteiger charge is 2.31. The number of nitrogens with one attached hydrogen (secondary N) is 1. The third-order valence-electron chi connectivity index (χ3n) is 6.07. The van der Waals surface area contributed by atoms with Crippen LogP contribution in [0.2, 0.25) is 0 Å². The number of anilines is 1. The zero-order valence-electron chi connectivity index (χ0n) is 18.8. The summed E-state index contributed by atoms with van der Waals surface area (Å²) in [6, 6.07) is 24.9. The second-order valence-corrected chi connectivity index (χ2v) is 8.48. The van der Waals surface area contributed by atoms with Crippen molar-refractivity contribution in [2.45, 2.75) is 25.8 Å². The zero-order valence-corrected chi connectivity index (χ0v) is 18.8. The predicted molar refractivity (Wildman–Crippen MR) is 129 cm³/mol. The molecule has 1 aliphatic rings. The second kappa shape index (κ2) is 9.79. The van der Waals surface area contributed by atoms with Crippen LogP contribution in [0.15, 0.2) is 89.5 Å². The predicted octanol–water partition coefficient (Wildman–Crippen LogP) is 4.90. The van der Waals surface area contributed by atoms with Gasteiger partial charge in [-0.1, -0.05) is 55.0 Å². The lowest BCUT2D eigenvalue weighted by atomic mass is 9.84. The molecule has 2 aromatic heterocycles. The quantitative estimate of drug-likeness (QED) is 0.411. The number of para-hydroxylation sites is 1. The highest BCUT2D eigenvalue weighted by Crippen LogP contribution is 2.29. The maximum atomic E-state index is 13.1. The van der Waals surface area contributed by atoms with Gasteiger partial charge in [-0.05, 0) is 37.1 Å². The van der Waals surface area contributed by atoms with Gasteiger partial charge in [-0.15, -0.1) is 0 Å². The van der Waals surface area contributed by atoms with E-state index >= 15 is 0 Å². The first-order valence-electron chi connectivity index (χ1n) is 11.5. The van der Waals surface area contributed by atoms with Crippen LogP contribution < -0.4 is 5.32 Å². The third kappa shape index (κ3) is 4.78. The Morgan fingerprint density at radius 1 is 1.00 bits per heavy atom. The van der Waals surface area contributed by atoms with E-state index in [0.717, 1.165) is 36.2 Å². The van der Waals surface area contributed by atoms with Gasteiger partial charge in [-0.2, -0.15) is 5.10 Å². The van der Waals surface area contributed by atoms with Gasteiger partial charge in [0.05, 0.1) is 24.2 Å². The minimum absolute atomic E-state index is 0.000610. The molecule has 0 spiro atoms. The molecule has 7 heteroatoms. The average molecular weight is 455 g/mol. The molecule has 172 valence electrons. The Kier molecular flexibility index (Phi) is 6.25. The van der Waals surface area contributed by atoms with Gasteiger partial charge in [0.1, 0.15) is 18.1 Å². The molecule has 1 aliphatic carbocycles. The van der Waals surface area contributed by atoms with Gasteiger partial charge in [-0.25, -0.2) is 4.68 Å². The minimum Gasteiger partial charge on any atom is -0.467 e. The van der Waals surface area contributed by atoms with E-state index in [2.05, 4.69) is 5.32 Å². The molecule has 0 bridgehead atoms. The molecule has 1 saturated carbocycles. The van der Waals surface area contributed by atoms with Gasteiger partial charge >= 0.3 is 0 Å². The summed E-state index contributed by atoms with van der Waals surface area (Å²) in [6.45, 7) is 0.208. The molecule has 0 unspecified atom stereocenters. The molecule has 7 nitrogen and oxygen atoms in total. The number of benzene rings is 2. The Hall–Kier alpha value is -4.13. The van der Waals surface area contributed by atoms with Crippen molar-refractivity contribution < 1.29 is 14.0 Å². The molecule has 1 N–H and O–H groups in total. The normalized spacial score (nSPS) is 13.3. The minimum atomic E-state index is -0.282. The molecular weight excluding hydrogens is 428 g/mol. The third-order valence-corrected chi connectivity index (χ3v) is 6.07. The van der Waals surface area contributed by atoms with Crippen molar-refractivity contribution in [1.82, 2.24) is 14.7 Å². The van der Waals surface area contributed by atoms with Crippen LogP contribution in [-0.2, 0) is 16.1 Å². The first-order chi connectivity index (χ1) is 16.7. The first kappa shape index (κ1) is 21.7. The summed E-state index contributed by atoms with van der Waals surface area (Å²) in [5, 5.41) is 7.71. The van der Waals surface area contributed by atoms with Gasteiger partial charge < -0.3 is 14.6 Å². The van der Waals surface area contributed by atoms with Crippen LogP contribution in [0.4, 0.5) is 5.82 Å². The number of hydrogen-bond donors (Lipinski definition) is 1. The molecule has 4 aromatic rings. The van der Waals surface area contributed by atoms with Gasteiger partial charge in [0.15, 0.2) is 0 Å². The smallest absolute Gasteiger partial charge is 0.245 e. The lowest BCUT2D eigenvalue weighted by molar-refractivity contribution is -0.141. The second-order valence-electron chi connectivity index (χ2n) is 8.48. The molecule has 1 fully saturated rings. The number of hydrogen-bond acceptors (Lipinski definition) is 4. The molecule has 0 atom stereocenters. The van der Waals surface area contributed by atoms with Crippen molar-refractivity contribution in [3.63, 3.8) is 0 Å². The molecule has 2 amide bonds. The van der Waals surface area contributed by atoms with Gasteiger partial charge in [0.2, 0.25) is 11.8 Å². The lowest BCUT2D eigenvalue weighted by Gasteiger charge is -2.30. The number of nitrogens with zero attached hydrogens (tertiary/aromatic N) is 3. The van der Waals surface area contributed by atoms with Gasteiger partial charge in [0.25, 0.3) is 0 Å². The summed E-state index contributed by atoms with van der Waals surface area (Å²) in [5.74, 6) is 0.905. The lowest BCUT2D eigenvalue weighted by Crippen LogP contribution is -2.42. The summed E-state index contributed by atoms with van der Waals surface area (Å²) < 4.78 is 7.15. The van der Waals surface area contributed by atoms with E-state index in [1.54, 1.807) is 21.9 Å². The van der Waals surface area contributed by atoms with Crippen molar-refractivity contribution in [3.05, 3.63) is 90.9 Å². The van der Waals surface area contributed by atoms with E-state index < -0.39 is 0 Å². The topological polar surface area (TPSA) is 80.4 Å². The fourth-order valence-corrected chi connectivity index (χ4v) is 4.06. The highest BCUT2D eigenvalue weighted by molar-refractivity contribution is 5.95. The van der Waals surface area contributed by atoms with Crippen molar-refractivity contribution in [2.24, 2.45) is 5.92 Å². The van der Waals surface area contributed by atoms with Crippen LogP contribution in [0.25, 0.3) is 16.9 Å². The van der Waals surface area contributed by atoms with Crippen LogP contribution in [0.5, 0.6) is 0 Å². The van der Waals surface area contributed by atoms with E-state index in [1.165, 1.54) is 0 Å². The molecule has 2 heterocycles. The molecule has 0 saturated heterocycles. The number of aromatic nitrogens is 2. The Morgan fingerprint density at radius 3 is 2.38 bits per heavy atom. The summed E-state index contributed by atoms with van der Waals surface area (Å²) in [4.78, 5) is 27.7. The van der Waals surface area contributed by atoms with E-state index in [-0.39, 0.29) is 30.8 Å². The Bertz CT molecular complexity index is 1250. The fraction of sp³-hybridized carbons (Fsp3) is 0.222. The molecular formula is C27H26N4O3. The van der Waals surface area contributed by atoms with Crippen LogP contribution >= 0.6 is 0 Å². The van der Waals surface area contributed by atoms with Gasteiger partial charge in [-0.3, -0.25) is 9.59 Å². The summed E-state index contributed by atoms with van der Waals surface area (Å²) in [5.41, 5.74) is 2.53. The van der Waals surface area contributed by atoms with Gasteiger partial charge in [0, 0.05) is 17.5 Å². The van der Waals surface area contributed by atoms with Crippen LogP contribution in [0.1, 0.15) is 25.0 Å². The Morgan fingerprint density at radius 2 is 1.74 bits per heavy atom. The molecule has 34 heavy (non-hydrogen) atoms. The number of carbonyl (C=O) groups excluding carboxylic acids is 2. The Labute approximate surface area is 198 Å². The van der Waals surface area contributed by atoms with E-state index in [0.29, 0.717) is 11.6 Å². The van der Waals surface area contributed by atoms with Crippen molar-refractivity contribution >= 4 is 17.6 Å². The molecule has 0 aliphatic heterocycles. The van der Waals surface area contributed by atoms with E-state index in [9.17, 15) is 9.59 Å². The largest absolute Gasteiger partial charge is 0.467 e. The highest BCUT2D eigenvalue weighted by atomic mass is 16.3. The summed E-state index contributed by atoms with van der Waals surface area (Å²) in [7, 11) is 0. The summed E-state index contributed by atoms with van der Waals surface area (Å²) >= 11 is 0. The fourth-order valence-electron chi connectivity index (χ4n) is 4.06. The van der Waals surface area contributed by atoms with Crippen LogP contribution in [-0.4, -0.2) is 33.0 Å². The Balaban J connectivity index is 1.39.